The van der Waals surface area contributed by atoms with Crippen LogP contribution in [0.5, 0.6) is 5.75 Å². The summed E-state index contributed by atoms with van der Waals surface area (Å²) in [6.07, 6.45) is 7.71. The quantitative estimate of drug-likeness (QED) is 0.705. The van der Waals surface area contributed by atoms with Crippen molar-refractivity contribution in [1.82, 2.24) is 14.3 Å². The Morgan fingerprint density at radius 2 is 2.00 bits per heavy atom. The normalized spacial score (nSPS) is 14.4. The standard InChI is InChI=1S/C21H24N4O2/c22-17-7-4-6-16(14-17)18-15-25-12-5-8-19(21(25)23-18)27-13-9-20(26)24-10-2-1-3-11-24/h4-8,12,14-15H,1-3,9-11,13,22H2. The number of nitrogen functional groups attached to an aromatic ring is 1. The van der Waals surface area contributed by atoms with Gasteiger partial charge in [-0.25, -0.2) is 4.98 Å². The molecule has 0 saturated carbocycles. The van der Waals surface area contributed by atoms with Crippen molar-refractivity contribution in [2.75, 3.05) is 25.4 Å². The van der Waals surface area contributed by atoms with Crippen molar-refractivity contribution in [3.63, 3.8) is 0 Å². The van der Waals surface area contributed by atoms with E-state index in [-0.39, 0.29) is 5.91 Å². The van der Waals surface area contributed by atoms with E-state index in [1.807, 2.05) is 58.1 Å². The maximum absolute atomic E-state index is 12.3. The largest absolute Gasteiger partial charge is 0.489 e. The van der Waals surface area contributed by atoms with Gasteiger partial charge in [-0.05, 0) is 43.5 Å². The fraction of sp³-hybridized carbons (Fsp3) is 0.333. The molecule has 1 aromatic carbocycles. The van der Waals surface area contributed by atoms with Crippen molar-refractivity contribution < 1.29 is 9.53 Å². The summed E-state index contributed by atoms with van der Waals surface area (Å²) in [5.41, 5.74) is 9.12. The molecule has 6 nitrogen and oxygen atoms in total. The number of amides is 1. The number of hydrogen-bond donors (Lipinski definition) is 1. The van der Waals surface area contributed by atoms with E-state index < -0.39 is 0 Å². The van der Waals surface area contributed by atoms with Gasteiger partial charge in [0.2, 0.25) is 5.91 Å². The number of nitrogens with two attached hydrogens (primary N) is 1. The first-order chi connectivity index (χ1) is 13.2. The molecule has 4 rings (SSSR count). The van der Waals surface area contributed by atoms with E-state index in [2.05, 4.69) is 0 Å². The summed E-state index contributed by atoms with van der Waals surface area (Å²) in [5, 5.41) is 0. The SMILES string of the molecule is Nc1cccc(-c2cn3cccc(OCCC(=O)N4CCCCC4)c3n2)c1. The van der Waals surface area contributed by atoms with Gasteiger partial charge in [0.05, 0.1) is 18.7 Å². The van der Waals surface area contributed by atoms with Gasteiger partial charge in [-0.1, -0.05) is 12.1 Å². The lowest BCUT2D eigenvalue weighted by Gasteiger charge is -2.26. The minimum atomic E-state index is 0.172. The number of imidazole rings is 1. The second kappa shape index (κ2) is 7.70. The molecule has 0 spiro atoms. The molecule has 27 heavy (non-hydrogen) atoms. The monoisotopic (exact) mass is 364 g/mol. The summed E-state index contributed by atoms with van der Waals surface area (Å²) in [4.78, 5) is 18.9. The fourth-order valence-corrected chi connectivity index (χ4v) is 3.49. The van der Waals surface area contributed by atoms with Crippen LogP contribution in [0.1, 0.15) is 25.7 Å². The summed E-state index contributed by atoms with van der Waals surface area (Å²) in [6.45, 7) is 2.10. The van der Waals surface area contributed by atoms with Gasteiger partial charge >= 0.3 is 0 Å². The van der Waals surface area contributed by atoms with Gasteiger partial charge in [0, 0.05) is 36.7 Å². The van der Waals surface area contributed by atoms with Crippen LogP contribution >= 0.6 is 0 Å². The molecule has 3 heterocycles. The number of likely N-dealkylation sites (tertiary alicyclic amines) is 1. The number of carbonyl (C=O) groups is 1. The Balaban J connectivity index is 1.46. The number of ether oxygens (including phenoxy) is 1. The topological polar surface area (TPSA) is 72.9 Å². The molecule has 1 amide bonds. The van der Waals surface area contributed by atoms with Crippen molar-refractivity contribution in [3.05, 3.63) is 48.8 Å². The molecule has 1 aliphatic rings. The van der Waals surface area contributed by atoms with Crippen molar-refractivity contribution >= 4 is 17.2 Å². The lowest BCUT2D eigenvalue weighted by molar-refractivity contribution is -0.132. The second-order valence-corrected chi connectivity index (χ2v) is 6.89. The number of benzene rings is 1. The van der Waals surface area contributed by atoms with E-state index in [0.717, 1.165) is 42.8 Å². The molecule has 6 heteroatoms. The van der Waals surface area contributed by atoms with Gasteiger partial charge in [0.15, 0.2) is 11.4 Å². The number of pyridine rings is 1. The van der Waals surface area contributed by atoms with Crippen LogP contribution < -0.4 is 10.5 Å². The molecule has 0 bridgehead atoms. The van der Waals surface area contributed by atoms with Gasteiger partial charge < -0.3 is 19.8 Å². The number of fused-ring (bicyclic) bond motifs is 1. The van der Waals surface area contributed by atoms with Crippen molar-refractivity contribution in [2.45, 2.75) is 25.7 Å². The molecular formula is C21H24N4O2. The van der Waals surface area contributed by atoms with Crippen molar-refractivity contribution in [3.8, 4) is 17.0 Å². The van der Waals surface area contributed by atoms with Gasteiger partial charge in [-0.2, -0.15) is 0 Å². The first-order valence-corrected chi connectivity index (χ1v) is 9.45. The molecule has 3 aromatic rings. The summed E-state index contributed by atoms with van der Waals surface area (Å²) in [5.74, 6) is 0.851. The van der Waals surface area contributed by atoms with Crippen LogP contribution in [-0.4, -0.2) is 39.9 Å². The molecule has 1 fully saturated rings. The van der Waals surface area contributed by atoms with Gasteiger partial charge in [0.1, 0.15) is 0 Å². The third-order valence-electron chi connectivity index (χ3n) is 4.91. The van der Waals surface area contributed by atoms with Crippen LogP contribution in [0.25, 0.3) is 16.9 Å². The molecule has 0 atom stereocenters. The predicted molar refractivity (Wildman–Crippen MR) is 106 cm³/mol. The third kappa shape index (κ3) is 3.89. The van der Waals surface area contributed by atoms with E-state index in [1.54, 1.807) is 0 Å². The fourth-order valence-electron chi connectivity index (χ4n) is 3.49. The molecule has 140 valence electrons. The van der Waals surface area contributed by atoms with Gasteiger partial charge in [-0.15, -0.1) is 0 Å². The summed E-state index contributed by atoms with van der Waals surface area (Å²) >= 11 is 0. The highest BCUT2D eigenvalue weighted by Gasteiger charge is 2.16. The average Bonchev–Trinajstić information content (AvgIpc) is 3.14. The van der Waals surface area contributed by atoms with E-state index in [0.29, 0.717) is 24.5 Å². The molecule has 0 unspecified atom stereocenters. The summed E-state index contributed by atoms with van der Waals surface area (Å²) in [7, 11) is 0. The second-order valence-electron chi connectivity index (χ2n) is 6.89. The Labute approximate surface area is 158 Å². The van der Waals surface area contributed by atoms with Crippen LogP contribution in [-0.2, 0) is 4.79 Å². The number of rotatable bonds is 5. The van der Waals surface area contributed by atoms with Crippen LogP contribution in [0.4, 0.5) is 5.69 Å². The minimum absolute atomic E-state index is 0.172. The number of aromatic nitrogens is 2. The zero-order valence-electron chi connectivity index (χ0n) is 15.3. The number of anilines is 1. The van der Waals surface area contributed by atoms with E-state index in [9.17, 15) is 4.79 Å². The molecule has 0 aliphatic carbocycles. The van der Waals surface area contributed by atoms with Crippen LogP contribution in [0, 0.1) is 0 Å². The van der Waals surface area contributed by atoms with Crippen LogP contribution in [0.15, 0.2) is 48.8 Å². The molecule has 2 N–H and O–H groups in total. The van der Waals surface area contributed by atoms with E-state index in [4.69, 9.17) is 15.5 Å². The third-order valence-corrected chi connectivity index (χ3v) is 4.91. The summed E-state index contributed by atoms with van der Waals surface area (Å²) < 4.78 is 7.83. The van der Waals surface area contributed by atoms with Crippen molar-refractivity contribution in [2.24, 2.45) is 0 Å². The zero-order valence-corrected chi connectivity index (χ0v) is 15.3. The zero-order chi connectivity index (χ0) is 18.6. The number of carbonyl (C=O) groups excluding carboxylic acids is 1. The lowest BCUT2D eigenvalue weighted by Crippen LogP contribution is -2.36. The number of nitrogens with zero attached hydrogens (tertiary/aromatic N) is 3. The van der Waals surface area contributed by atoms with Gasteiger partial charge in [-0.3, -0.25) is 4.79 Å². The molecule has 1 aliphatic heterocycles. The Bertz CT molecular complexity index is 944. The maximum Gasteiger partial charge on any atom is 0.225 e. The first kappa shape index (κ1) is 17.4. The minimum Gasteiger partial charge on any atom is -0.489 e. The molecule has 2 aromatic heterocycles. The Morgan fingerprint density at radius 3 is 2.81 bits per heavy atom. The highest BCUT2D eigenvalue weighted by molar-refractivity contribution is 5.76. The predicted octanol–water partition coefficient (Wildman–Crippen LogP) is 3.36. The Morgan fingerprint density at radius 1 is 1.15 bits per heavy atom. The number of piperidine rings is 1. The lowest BCUT2D eigenvalue weighted by atomic mass is 10.1. The van der Waals surface area contributed by atoms with Crippen LogP contribution in [0.2, 0.25) is 0 Å². The van der Waals surface area contributed by atoms with Crippen LogP contribution in [0.3, 0.4) is 0 Å². The highest BCUT2D eigenvalue weighted by Crippen LogP contribution is 2.25. The summed E-state index contributed by atoms with van der Waals surface area (Å²) in [6, 6.07) is 11.5. The number of hydrogen-bond acceptors (Lipinski definition) is 4. The van der Waals surface area contributed by atoms with E-state index >= 15 is 0 Å². The van der Waals surface area contributed by atoms with Crippen molar-refractivity contribution in [1.29, 1.82) is 0 Å². The Hall–Kier alpha value is -3.02. The smallest absolute Gasteiger partial charge is 0.225 e. The molecule has 0 radical (unpaired) electrons. The Kier molecular flexibility index (Phi) is 4.96. The average molecular weight is 364 g/mol. The van der Waals surface area contributed by atoms with E-state index in [1.165, 1.54) is 6.42 Å². The molecular weight excluding hydrogens is 340 g/mol. The van der Waals surface area contributed by atoms with Gasteiger partial charge in [0.25, 0.3) is 0 Å². The highest BCUT2D eigenvalue weighted by atomic mass is 16.5. The first-order valence-electron chi connectivity index (χ1n) is 9.45. The molecule has 1 saturated heterocycles. The maximum atomic E-state index is 12.3.